The molecule has 1 saturated heterocycles. The predicted molar refractivity (Wildman–Crippen MR) is 78.7 cm³/mol. The lowest BCUT2D eigenvalue weighted by molar-refractivity contribution is -0.137. The van der Waals surface area contributed by atoms with E-state index in [9.17, 15) is 13.2 Å². The number of anilines is 1. The average molecular weight is 321 g/mol. The van der Waals surface area contributed by atoms with E-state index in [-0.39, 0.29) is 5.15 Å². The number of pyridine rings is 1. The number of nitrogens with zero attached hydrogens (tertiary/aromatic N) is 2. The van der Waals surface area contributed by atoms with Gasteiger partial charge in [0, 0.05) is 13.1 Å². The second-order valence-electron chi connectivity index (χ2n) is 5.73. The van der Waals surface area contributed by atoms with Gasteiger partial charge in [0.2, 0.25) is 0 Å². The smallest absolute Gasteiger partial charge is 0.357 e. The third-order valence-corrected chi connectivity index (χ3v) is 4.95. The Bertz CT molecular complexity index is 488. The van der Waals surface area contributed by atoms with E-state index in [1.807, 2.05) is 4.90 Å². The van der Waals surface area contributed by atoms with Gasteiger partial charge >= 0.3 is 6.18 Å². The van der Waals surface area contributed by atoms with Crippen molar-refractivity contribution in [1.82, 2.24) is 4.98 Å². The fourth-order valence-corrected chi connectivity index (χ4v) is 3.18. The summed E-state index contributed by atoms with van der Waals surface area (Å²) in [4.78, 5) is 5.97. The fraction of sp³-hybridized carbons (Fsp3) is 0.667. The van der Waals surface area contributed by atoms with E-state index in [0.717, 1.165) is 50.9 Å². The molecule has 0 radical (unpaired) electrons. The predicted octanol–water partition coefficient (Wildman–Crippen LogP) is 5.16. The third-order valence-electron chi connectivity index (χ3n) is 4.76. The van der Waals surface area contributed by atoms with Crippen molar-refractivity contribution >= 4 is 17.4 Å². The van der Waals surface area contributed by atoms with Crippen LogP contribution in [0.2, 0.25) is 5.15 Å². The summed E-state index contributed by atoms with van der Waals surface area (Å²) in [5, 5.41) is -0.109. The van der Waals surface area contributed by atoms with Crippen molar-refractivity contribution in [1.29, 1.82) is 0 Å². The summed E-state index contributed by atoms with van der Waals surface area (Å²) in [5.74, 6) is 0.329. The Hall–Kier alpha value is -0.970. The van der Waals surface area contributed by atoms with Crippen LogP contribution in [0, 0.1) is 5.41 Å². The first-order chi connectivity index (χ1) is 9.79. The highest BCUT2D eigenvalue weighted by atomic mass is 35.5. The molecule has 1 aliphatic heterocycles. The van der Waals surface area contributed by atoms with Gasteiger partial charge in [-0.25, -0.2) is 4.98 Å². The van der Waals surface area contributed by atoms with E-state index < -0.39 is 11.7 Å². The molecule has 0 N–H and O–H groups in total. The largest absolute Gasteiger partial charge is 0.416 e. The molecule has 21 heavy (non-hydrogen) atoms. The van der Waals surface area contributed by atoms with E-state index in [0.29, 0.717) is 11.2 Å². The summed E-state index contributed by atoms with van der Waals surface area (Å²) < 4.78 is 38.5. The molecule has 118 valence electrons. The van der Waals surface area contributed by atoms with Gasteiger partial charge in [0.25, 0.3) is 0 Å². The van der Waals surface area contributed by atoms with Crippen LogP contribution in [0.4, 0.5) is 19.0 Å². The highest BCUT2D eigenvalue weighted by molar-refractivity contribution is 6.29. The van der Waals surface area contributed by atoms with Gasteiger partial charge in [-0.15, -0.1) is 0 Å². The van der Waals surface area contributed by atoms with Crippen LogP contribution in [-0.2, 0) is 6.18 Å². The summed E-state index contributed by atoms with van der Waals surface area (Å²) in [7, 11) is 0. The summed E-state index contributed by atoms with van der Waals surface area (Å²) in [5.41, 5.74) is -0.414. The van der Waals surface area contributed by atoms with Crippen LogP contribution >= 0.6 is 11.6 Å². The van der Waals surface area contributed by atoms with E-state index in [1.54, 1.807) is 0 Å². The Morgan fingerprint density at radius 1 is 1.19 bits per heavy atom. The molecule has 6 heteroatoms. The molecule has 0 aliphatic carbocycles. The highest BCUT2D eigenvalue weighted by Gasteiger charge is 2.34. The van der Waals surface area contributed by atoms with Crippen molar-refractivity contribution in [3.8, 4) is 0 Å². The topological polar surface area (TPSA) is 16.1 Å². The zero-order chi connectivity index (χ0) is 15.7. The minimum atomic E-state index is -4.40. The SMILES string of the molecule is CCC1(CC)CCN(c2cc(C(F)(F)F)cc(Cl)n2)CC1. The highest BCUT2D eigenvalue weighted by Crippen LogP contribution is 2.40. The standard InChI is InChI=1S/C15H20ClF3N2/c1-3-14(4-2)5-7-21(8-6-14)13-10-11(15(17,18)19)9-12(16)20-13/h9-10H,3-8H2,1-2H3. The quantitative estimate of drug-likeness (QED) is 0.715. The van der Waals surface area contributed by atoms with Crippen LogP contribution in [0.25, 0.3) is 0 Å². The minimum Gasteiger partial charge on any atom is -0.357 e. The van der Waals surface area contributed by atoms with Crippen molar-refractivity contribution in [3.63, 3.8) is 0 Å². The minimum absolute atomic E-state index is 0.109. The maximum absolute atomic E-state index is 12.8. The van der Waals surface area contributed by atoms with Crippen molar-refractivity contribution in [2.75, 3.05) is 18.0 Å². The van der Waals surface area contributed by atoms with Gasteiger partial charge in [-0.3, -0.25) is 0 Å². The molecule has 1 aromatic rings. The molecule has 0 atom stereocenters. The normalized spacial score (nSPS) is 18.9. The first-order valence-electron chi connectivity index (χ1n) is 7.29. The number of alkyl halides is 3. The van der Waals surface area contributed by atoms with Crippen LogP contribution in [0.5, 0.6) is 0 Å². The zero-order valence-electron chi connectivity index (χ0n) is 12.3. The maximum atomic E-state index is 12.8. The fourth-order valence-electron chi connectivity index (χ4n) is 2.98. The van der Waals surface area contributed by atoms with Crippen LogP contribution in [0.15, 0.2) is 12.1 Å². The molecule has 0 saturated carbocycles. The van der Waals surface area contributed by atoms with Gasteiger partial charge in [-0.05, 0) is 30.4 Å². The van der Waals surface area contributed by atoms with E-state index in [2.05, 4.69) is 18.8 Å². The van der Waals surface area contributed by atoms with Gasteiger partial charge in [0.15, 0.2) is 0 Å². The average Bonchev–Trinajstić information content (AvgIpc) is 2.46. The van der Waals surface area contributed by atoms with Crippen molar-refractivity contribution in [2.24, 2.45) is 5.41 Å². The molecular formula is C15H20ClF3N2. The molecule has 0 bridgehead atoms. The zero-order valence-corrected chi connectivity index (χ0v) is 13.1. The Morgan fingerprint density at radius 2 is 1.76 bits per heavy atom. The Balaban J connectivity index is 2.19. The maximum Gasteiger partial charge on any atom is 0.416 e. The van der Waals surface area contributed by atoms with Crippen molar-refractivity contribution < 1.29 is 13.2 Å². The molecule has 0 aromatic carbocycles. The number of hydrogen-bond acceptors (Lipinski definition) is 2. The molecule has 1 aliphatic rings. The van der Waals surface area contributed by atoms with Crippen LogP contribution < -0.4 is 4.90 Å². The number of halogens is 4. The summed E-state index contributed by atoms with van der Waals surface area (Å²) in [6, 6.07) is 1.97. The van der Waals surface area contributed by atoms with Crippen LogP contribution in [0.1, 0.15) is 45.1 Å². The van der Waals surface area contributed by atoms with Gasteiger partial charge < -0.3 is 4.90 Å². The second kappa shape index (κ2) is 6.03. The lowest BCUT2D eigenvalue weighted by atomic mass is 9.74. The number of aromatic nitrogens is 1. The monoisotopic (exact) mass is 320 g/mol. The molecule has 2 nitrogen and oxygen atoms in total. The molecule has 1 aromatic heterocycles. The number of rotatable bonds is 3. The van der Waals surface area contributed by atoms with Gasteiger partial charge in [0.1, 0.15) is 11.0 Å². The first kappa shape index (κ1) is 16.4. The van der Waals surface area contributed by atoms with Gasteiger partial charge in [-0.1, -0.05) is 38.3 Å². The number of hydrogen-bond donors (Lipinski definition) is 0. The third kappa shape index (κ3) is 3.62. The Labute approximate surface area is 128 Å². The molecule has 0 amide bonds. The van der Waals surface area contributed by atoms with Crippen molar-refractivity contribution in [2.45, 2.75) is 45.7 Å². The lowest BCUT2D eigenvalue weighted by Gasteiger charge is -2.41. The Kier molecular flexibility index (Phi) is 4.71. The van der Waals surface area contributed by atoms with Crippen LogP contribution in [0.3, 0.4) is 0 Å². The molecule has 1 fully saturated rings. The van der Waals surface area contributed by atoms with E-state index >= 15 is 0 Å². The first-order valence-corrected chi connectivity index (χ1v) is 7.67. The molecule has 0 unspecified atom stereocenters. The second-order valence-corrected chi connectivity index (χ2v) is 6.12. The van der Waals surface area contributed by atoms with Crippen LogP contribution in [-0.4, -0.2) is 18.1 Å². The molecule has 2 heterocycles. The van der Waals surface area contributed by atoms with E-state index in [4.69, 9.17) is 11.6 Å². The Morgan fingerprint density at radius 3 is 2.24 bits per heavy atom. The summed E-state index contributed by atoms with van der Waals surface area (Å²) in [6.45, 7) is 5.82. The summed E-state index contributed by atoms with van der Waals surface area (Å²) in [6.07, 6.45) is -0.221. The molecular weight excluding hydrogens is 301 g/mol. The number of piperidine rings is 1. The van der Waals surface area contributed by atoms with Gasteiger partial charge in [0.05, 0.1) is 5.56 Å². The molecule has 0 spiro atoms. The molecule has 2 rings (SSSR count). The lowest BCUT2D eigenvalue weighted by Crippen LogP contribution is -2.40. The van der Waals surface area contributed by atoms with Gasteiger partial charge in [-0.2, -0.15) is 13.2 Å². The van der Waals surface area contributed by atoms with Crippen molar-refractivity contribution in [3.05, 3.63) is 22.8 Å². The van der Waals surface area contributed by atoms with E-state index in [1.165, 1.54) is 0 Å². The summed E-state index contributed by atoms with van der Waals surface area (Å²) >= 11 is 5.75.